The smallest absolute Gasteiger partial charge is 0.407 e. The predicted octanol–water partition coefficient (Wildman–Crippen LogP) is 2.80. The van der Waals surface area contributed by atoms with E-state index in [9.17, 15) is 9.59 Å². The maximum atomic E-state index is 11.6. The molecule has 0 aromatic carbocycles. The standard InChI is InChI=1S/C14H24N2O3/c1-14(2,3)19-13(18)16-12-6-4-11(5-7-12)8-9-15-10-17/h11-12H,4-9H2,1-3H3,(H,16,18). The number of aliphatic imine (C=N–C) groups is 1. The van der Waals surface area contributed by atoms with Gasteiger partial charge in [-0.25, -0.2) is 14.6 Å². The zero-order valence-electron chi connectivity index (χ0n) is 12.1. The molecular formula is C14H24N2O3. The van der Waals surface area contributed by atoms with E-state index in [1.807, 2.05) is 20.8 Å². The Bertz CT molecular complexity index is 335. The molecule has 1 N–H and O–H groups in total. The Hall–Kier alpha value is -1.35. The van der Waals surface area contributed by atoms with E-state index in [0.29, 0.717) is 12.5 Å². The van der Waals surface area contributed by atoms with E-state index in [-0.39, 0.29) is 12.1 Å². The first-order valence-corrected chi connectivity index (χ1v) is 6.94. The van der Waals surface area contributed by atoms with E-state index in [0.717, 1.165) is 32.1 Å². The average molecular weight is 268 g/mol. The first kappa shape index (κ1) is 15.7. The van der Waals surface area contributed by atoms with Gasteiger partial charge < -0.3 is 10.1 Å². The lowest BCUT2D eigenvalue weighted by molar-refractivity contribution is 0.0487. The normalized spacial score (nSPS) is 23.3. The molecular weight excluding hydrogens is 244 g/mol. The quantitative estimate of drug-likeness (QED) is 0.629. The molecule has 5 heteroatoms. The van der Waals surface area contributed by atoms with Gasteiger partial charge in [0.1, 0.15) is 5.60 Å². The Balaban J connectivity index is 2.22. The molecule has 0 heterocycles. The first-order chi connectivity index (χ1) is 8.90. The number of carbonyl (C=O) groups is 1. The van der Waals surface area contributed by atoms with Crippen molar-refractivity contribution in [3.63, 3.8) is 0 Å². The first-order valence-electron chi connectivity index (χ1n) is 6.94. The van der Waals surface area contributed by atoms with Crippen molar-refractivity contribution in [2.24, 2.45) is 10.9 Å². The van der Waals surface area contributed by atoms with Gasteiger partial charge in [-0.3, -0.25) is 0 Å². The number of ether oxygens (including phenoxy) is 1. The number of isocyanates is 1. The largest absolute Gasteiger partial charge is 0.444 e. The van der Waals surface area contributed by atoms with Crippen molar-refractivity contribution >= 4 is 12.2 Å². The molecule has 5 nitrogen and oxygen atoms in total. The summed E-state index contributed by atoms with van der Waals surface area (Å²) in [6.45, 7) is 6.14. The molecule has 0 radical (unpaired) electrons. The fourth-order valence-electron chi connectivity index (χ4n) is 2.36. The van der Waals surface area contributed by atoms with Crippen molar-refractivity contribution in [2.45, 2.75) is 64.5 Å². The summed E-state index contributed by atoms with van der Waals surface area (Å²) in [5, 5.41) is 2.92. The summed E-state index contributed by atoms with van der Waals surface area (Å²) >= 11 is 0. The summed E-state index contributed by atoms with van der Waals surface area (Å²) in [7, 11) is 0. The number of carbonyl (C=O) groups excluding carboxylic acids is 2. The van der Waals surface area contributed by atoms with Gasteiger partial charge in [-0.2, -0.15) is 0 Å². The Kier molecular flexibility index (Phi) is 6.03. The third kappa shape index (κ3) is 6.97. The van der Waals surface area contributed by atoms with Crippen LogP contribution in [-0.4, -0.2) is 30.4 Å². The van der Waals surface area contributed by atoms with Gasteiger partial charge in [-0.1, -0.05) is 0 Å². The molecule has 19 heavy (non-hydrogen) atoms. The maximum Gasteiger partial charge on any atom is 0.407 e. The van der Waals surface area contributed by atoms with Crippen molar-refractivity contribution in [3.8, 4) is 0 Å². The Morgan fingerprint density at radius 2 is 1.95 bits per heavy atom. The summed E-state index contributed by atoms with van der Waals surface area (Å²) < 4.78 is 5.24. The minimum Gasteiger partial charge on any atom is -0.444 e. The summed E-state index contributed by atoms with van der Waals surface area (Å²) in [4.78, 5) is 25.2. The Morgan fingerprint density at radius 3 is 2.47 bits per heavy atom. The molecule has 1 fully saturated rings. The number of nitrogens with zero attached hydrogens (tertiary/aromatic N) is 1. The van der Waals surface area contributed by atoms with Crippen LogP contribution in [0, 0.1) is 5.92 Å². The molecule has 0 spiro atoms. The third-order valence-electron chi connectivity index (χ3n) is 3.28. The fraction of sp³-hybridized carbons (Fsp3) is 0.857. The SMILES string of the molecule is CC(C)(C)OC(=O)NC1CCC(CCN=C=O)CC1. The fourth-order valence-corrected chi connectivity index (χ4v) is 2.36. The van der Waals surface area contributed by atoms with E-state index in [1.165, 1.54) is 0 Å². The van der Waals surface area contributed by atoms with Crippen molar-refractivity contribution in [1.82, 2.24) is 5.32 Å². The Labute approximate surface area is 114 Å². The van der Waals surface area contributed by atoms with Gasteiger partial charge in [0.2, 0.25) is 6.08 Å². The number of hydrogen-bond donors (Lipinski definition) is 1. The van der Waals surface area contributed by atoms with Crippen LogP contribution in [-0.2, 0) is 9.53 Å². The highest BCUT2D eigenvalue weighted by atomic mass is 16.6. The Morgan fingerprint density at radius 1 is 1.32 bits per heavy atom. The maximum absolute atomic E-state index is 11.6. The highest BCUT2D eigenvalue weighted by Crippen LogP contribution is 2.27. The molecule has 1 aliphatic rings. The van der Waals surface area contributed by atoms with E-state index in [1.54, 1.807) is 6.08 Å². The summed E-state index contributed by atoms with van der Waals surface area (Å²) in [6.07, 6.45) is 6.23. The van der Waals surface area contributed by atoms with Crippen molar-refractivity contribution in [2.75, 3.05) is 6.54 Å². The number of hydrogen-bond acceptors (Lipinski definition) is 4. The van der Waals surface area contributed by atoms with E-state index in [2.05, 4.69) is 10.3 Å². The molecule has 0 saturated heterocycles. The van der Waals surface area contributed by atoms with Gasteiger partial charge in [0.05, 0.1) is 6.54 Å². The van der Waals surface area contributed by atoms with Crippen molar-refractivity contribution in [3.05, 3.63) is 0 Å². The van der Waals surface area contributed by atoms with E-state index < -0.39 is 5.60 Å². The molecule has 0 atom stereocenters. The second-order valence-corrected chi connectivity index (χ2v) is 6.13. The zero-order valence-corrected chi connectivity index (χ0v) is 12.1. The van der Waals surface area contributed by atoms with Crippen LogP contribution in [0.3, 0.4) is 0 Å². The van der Waals surface area contributed by atoms with Gasteiger partial charge in [-0.05, 0) is 58.8 Å². The number of nitrogens with one attached hydrogen (secondary N) is 1. The van der Waals surface area contributed by atoms with Crippen LogP contribution in [0.1, 0.15) is 52.9 Å². The van der Waals surface area contributed by atoms with Crippen LogP contribution in [0.5, 0.6) is 0 Å². The van der Waals surface area contributed by atoms with E-state index >= 15 is 0 Å². The molecule has 1 rings (SSSR count). The molecule has 1 saturated carbocycles. The van der Waals surface area contributed by atoms with Crippen LogP contribution in [0.4, 0.5) is 4.79 Å². The highest BCUT2D eigenvalue weighted by Gasteiger charge is 2.24. The van der Waals surface area contributed by atoms with Crippen LogP contribution in [0.15, 0.2) is 4.99 Å². The molecule has 0 aliphatic heterocycles. The van der Waals surface area contributed by atoms with Crippen LogP contribution >= 0.6 is 0 Å². The summed E-state index contributed by atoms with van der Waals surface area (Å²) in [5.41, 5.74) is -0.450. The van der Waals surface area contributed by atoms with Crippen molar-refractivity contribution < 1.29 is 14.3 Å². The van der Waals surface area contributed by atoms with Gasteiger partial charge in [-0.15, -0.1) is 0 Å². The van der Waals surface area contributed by atoms with Crippen LogP contribution < -0.4 is 5.32 Å². The predicted molar refractivity (Wildman–Crippen MR) is 72.7 cm³/mol. The van der Waals surface area contributed by atoms with E-state index in [4.69, 9.17) is 4.74 Å². The van der Waals surface area contributed by atoms with Crippen molar-refractivity contribution in [1.29, 1.82) is 0 Å². The lowest BCUT2D eigenvalue weighted by Gasteiger charge is -2.29. The van der Waals surface area contributed by atoms with Gasteiger partial charge >= 0.3 is 6.09 Å². The van der Waals surface area contributed by atoms with Gasteiger partial charge in [0, 0.05) is 6.04 Å². The van der Waals surface area contributed by atoms with Gasteiger partial charge in [0.25, 0.3) is 0 Å². The second kappa shape index (κ2) is 7.29. The molecule has 1 aliphatic carbocycles. The summed E-state index contributed by atoms with van der Waals surface area (Å²) in [5.74, 6) is 0.605. The number of rotatable bonds is 4. The van der Waals surface area contributed by atoms with Crippen LogP contribution in [0.2, 0.25) is 0 Å². The number of alkyl carbamates (subject to hydrolysis) is 1. The molecule has 0 aromatic rings. The number of amides is 1. The zero-order chi connectivity index (χ0) is 14.3. The van der Waals surface area contributed by atoms with Gasteiger partial charge in [0.15, 0.2) is 0 Å². The lowest BCUT2D eigenvalue weighted by atomic mass is 9.84. The second-order valence-electron chi connectivity index (χ2n) is 6.13. The third-order valence-corrected chi connectivity index (χ3v) is 3.28. The lowest BCUT2D eigenvalue weighted by Crippen LogP contribution is -2.41. The minimum atomic E-state index is -0.450. The topological polar surface area (TPSA) is 67.8 Å². The minimum absolute atomic E-state index is 0.209. The molecule has 0 aromatic heterocycles. The monoisotopic (exact) mass is 268 g/mol. The average Bonchev–Trinajstić information content (AvgIpc) is 2.29. The molecule has 0 bridgehead atoms. The molecule has 1 amide bonds. The highest BCUT2D eigenvalue weighted by molar-refractivity contribution is 5.68. The van der Waals surface area contributed by atoms with Crippen LogP contribution in [0.25, 0.3) is 0 Å². The summed E-state index contributed by atoms with van der Waals surface area (Å²) in [6, 6.07) is 0.209. The molecule has 108 valence electrons. The molecule has 0 unspecified atom stereocenters.